The molecule has 7 heteroatoms. The van der Waals surface area contributed by atoms with E-state index in [1.165, 1.54) is 0 Å². The second kappa shape index (κ2) is 6.70. The van der Waals surface area contributed by atoms with Crippen molar-refractivity contribution in [3.63, 3.8) is 0 Å². The molecule has 0 spiro atoms. The van der Waals surface area contributed by atoms with Gasteiger partial charge in [-0.25, -0.2) is 4.68 Å². The van der Waals surface area contributed by atoms with Gasteiger partial charge in [0, 0.05) is 30.3 Å². The van der Waals surface area contributed by atoms with Crippen LogP contribution in [0.3, 0.4) is 0 Å². The summed E-state index contributed by atoms with van der Waals surface area (Å²) in [6, 6.07) is 16.8. The van der Waals surface area contributed by atoms with Crippen molar-refractivity contribution in [1.29, 1.82) is 0 Å². The van der Waals surface area contributed by atoms with Crippen molar-refractivity contribution >= 4 is 17.7 Å². The van der Waals surface area contributed by atoms with Crippen LogP contribution in [0, 0.1) is 0 Å². The van der Waals surface area contributed by atoms with E-state index in [-0.39, 0.29) is 18.2 Å². The number of hydrogen-bond donors (Lipinski definition) is 1. The fourth-order valence-corrected chi connectivity index (χ4v) is 3.93. The average molecular weight is 386 g/mol. The van der Waals surface area contributed by atoms with Gasteiger partial charge in [0.25, 0.3) is 5.91 Å². The summed E-state index contributed by atoms with van der Waals surface area (Å²) >= 11 is 0. The Labute approximate surface area is 166 Å². The summed E-state index contributed by atoms with van der Waals surface area (Å²) in [6.45, 7) is 0.348. The van der Waals surface area contributed by atoms with Crippen molar-refractivity contribution in [3.8, 4) is 16.9 Å². The first-order valence-electron chi connectivity index (χ1n) is 9.49. The van der Waals surface area contributed by atoms with Crippen molar-refractivity contribution in [2.24, 2.45) is 0 Å². The van der Waals surface area contributed by atoms with Gasteiger partial charge in [0.2, 0.25) is 11.8 Å². The predicted molar refractivity (Wildman–Crippen MR) is 105 cm³/mol. The minimum absolute atomic E-state index is 0.175. The largest absolute Gasteiger partial charge is 0.322 e. The molecule has 7 nitrogen and oxygen atoms in total. The van der Waals surface area contributed by atoms with Gasteiger partial charge in [-0.2, -0.15) is 5.10 Å². The van der Waals surface area contributed by atoms with Crippen LogP contribution < -0.4 is 5.32 Å². The van der Waals surface area contributed by atoms with E-state index in [9.17, 15) is 14.4 Å². The number of fused-ring (bicyclic) bond motifs is 1. The Balaban J connectivity index is 1.41. The number of nitrogens with zero attached hydrogens (tertiary/aromatic N) is 3. The lowest BCUT2D eigenvalue weighted by Crippen LogP contribution is -2.52. The van der Waals surface area contributed by atoms with Gasteiger partial charge in [0.05, 0.1) is 11.4 Å². The number of benzene rings is 2. The van der Waals surface area contributed by atoms with E-state index >= 15 is 0 Å². The number of nitrogens with one attached hydrogen (secondary N) is 1. The molecule has 1 aromatic heterocycles. The molecule has 0 aliphatic carbocycles. The van der Waals surface area contributed by atoms with E-state index in [2.05, 4.69) is 10.4 Å². The highest BCUT2D eigenvalue weighted by atomic mass is 16.2. The Morgan fingerprint density at radius 1 is 1.00 bits per heavy atom. The molecule has 5 rings (SSSR count). The maximum absolute atomic E-state index is 12.8. The molecule has 1 atom stereocenters. The second-order valence-electron chi connectivity index (χ2n) is 7.25. The SMILES string of the molecule is O=C1CCC(N2Cc3cc(-n4ccc(-c5ccccc5)n4)ccc3C2=O)C(=O)N1. The van der Waals surface area contributed by atoms with E-state index < -0.39 is 11.9 Å². The third-order valence-corrected chi connectivity index (χ3v) is 5.43. The minimum Gasteiger partial charge on any atom is -0.322 e. The zero-order chi connectivity index (χ0) is 20.0. The maximum Gasteiger partial charge on any atom is 0.255 e. The lowest BCUT2D eigenvalue weighted by molar-refractivity contribution is -0.136. The van der Waals surface area contributed by atoms with Crippen molar-refractivity contribution < 1.29 is 14.4 Å². The van der Waals surface area contributed by atoms with Crippen molar-refractivity contribution in [3.05, 3.63) is 71.9 Å². The van der Waals surface area contributed by atoms with Crippen LogP contribution in [-0.2, 0) is 16.1 Å². The smallest absolute Gasteiger partial charge is 0.255 e. The van der Waals surface area contributed by atoms with Crippen LogP contribution in [-0.4, -0.2) is 38.4 Å². The van der Waals surface area contributed by atoms with Crippen molar-refractivity contribution in [2.45, 2.75) is 25.4 Å². The first-order valence-corrected chi connectivity index (χ1v) is 9.49. The number of rotatable bonds is 3. The van der Waals surface area contributed by atoms with E-state index in [1.54, 1.807) is 15.6 Å². The Morgan fingerprint density at radius 2 is 1.83 bits per heavy atom. The van der Waals surface area contributed by atoms with Crippen LogP contribution in [0.4, 0.5) is 0 Å². The highest BCUT2D eigenvalue weighted by Gasteiger charge is 2.39. The Kier molecular flexibility index (Phi) is 4.01. The van der Waals surface area contributed by atoms with Gasteiger partial charge in [-0.15, -0.1) is 0 Å². The molecule has 2 aliphatic heterocycles. The van der Waals surface area contributed by atoms with Crippen molar-refractivity contribution in [2.75, 3.05) is 0 Å². The van der Waals surface area contributed by atoms with Gasteiger partial charge in [-0.1, -0.05) is 30.3 Å². The fourth-order valence-electron chi connectivity index (χ4n) is 3.93. The normalized spacial score (nSPS) is 18.7. The van der Waals surface area contributed by atoms with Crippen LogP contribution in [0.25, 0.3) is 16.9 Å². The predicted octanol–water partition coefficient (Wildman–Crippen LogP) is 2.30. The van der Waals surface area contributed by atoms with E-state index in [4.69, 9.17) is 0 Å². The topological polar surface area (TPSA) is 84.3 Å². The van der Waals surface area contributed by atoms with Crippen LogP contribution in [0.2, 0.25) is 0 Å². The quantitative estimate of drug-likeness (QED) is 0.700. The standard InChI is InChI=1S/C22H18N4O3/c27-20-9-8-19(21(28)23-20)25-13-15-12-16(6-7-17(15)22(25)29)26-11-10-18(24-26)14-4-2-1-3-5-14/h1-7,10-12,19H,8-9,13H2,(H,23,27,28). The van der Waals surface area contributed by atoms with Gasteiger partial charge in [-0.3, -0.25) is 19.7 Å². The summed E-state index contributed by atoms with van der Waals surface area (Å²) in [6.07, 6.45) is 2.49. The van der Waals surface area contributed by atoms with Gasteiger partial charge in [0.1, 0.15) is 6.04 Å². The molecule has 2 aliphatic rings. The van der Waals surface area contributed by atoms with Crippen molar-refractivity contribution in [1.82, 2.24) is 20.0 Å². The molecule has 29 heavy (non-hydrogen) atoms. The molecule has 2 aromatic carbocycles. The molecule has 144 valence electrons. The van der Waals surface area contributed by atoms with Gasteiger partial charge < -0.3 is 4.90 Å². The van der Waals surface area contributed by atoms with Gasteiger partial charge >= 0.3 is 0 Å². The monoisotopic (exact) mass is 386 g/mol. The highest BCUT2D eigenvalue weighted by Crippen LogP contribution is 2.29. The molecule has 3 amide bonds. The lowest BCUT2D eigenvalue weighted by Gasteiger charge is -2.29. The van der Waals surface area contributed by atoms with Crippen LogP contribution >= 0.6 is 0 Å². The van der Waals surface area contributed by atoms with Gasteiger partial charge in [-0.05, 0) is 36.2 Å². The summed E-state index contributed by atoms with van der Waals surface area (Å²) < 4.78 is 1.78. The molecule has 1 unspecified atom stereocenters. The molecule has 1 N–H and O–H groups in total. The number of piperidine rings is 1. The fraction of sp³-hybridized carbons (Fsp3) is 0.182. The number of aromatic nitrogens is 2. The average Bonchev–Trinajstić information content (AvgIpc) is 3.34. The van der Waals surface area contributed by atoms with E-state index in [0.717, 1.165) is 22.5 Å². The Hall–Kier alpha value is -3.74. The first kappa shape index (κ1) is 17.4. The molecule has 3 heterocycles. The number of imide groups is 1. The lowest BCUT2D eigenvalue weighted by atomic mass is 10.0. The summed E-state index contributed by atoms with van der Waals surface area (Å²) in [5.41, 5.74) is 4.20. The maximum atomic E-state index is 12.8. The first-order chi connectivity index (χ1) is 14.1. The Bertz CT molecular complexity index is 1140. The van der Waals surface area contributed by atoms with Crippen LogP contribution in [0.5, 0.6) is 0 Å². The van der Waals surface area contributed by atoms with E-state index in [1.807, 2.05) is 54.7 Å². The molecular formula is C22H18N4O3. The van der Waals surface area contributed by atoms with Crippen LogP contribution in [0.15, 0.2) is 60.8 Å². The Morgan fingerprint density at radius 3 is 2.62 bits per heavy atom. The molecule has 1 fully saturated rings. The van der Waals surface area contributed by atoms with Crippen LogP contribution in [0.1, 0.15) is 28.8 Å². The summed E-state index contributed by atoms with van der Waals surface area (Å²) in [5, 5.41) is 6.96. The molecule has 0 saturated carbocycles. The number of hydrogen-bond acceptors (Lipinski definition) is 4. The zero-order valence-electron chi connectivity index (χ0n) is 15.5. The number of carbonyl (C=O) groups is 3. The number of amides is 3. The van der Waals surface area contributed by atoms with E-state index in [0.29, 0.717) is 18.5 Å². The molecule has 1 saturated heterocycles. The molecule has 0 radical (unpaired) electrons. The van der Waals surface area contributed by atoms with Gasteiger partial charge in [0.15, 0.2) is 0 Å². The zero-order valence-corrected chi connectivity index (χ0v) is 15.5. The molecular weight excluding hydrogens is 368 g/mol. The number of carbonyl (C=O) groups excluding carboxylic acids is 3. The summed E-state index contributed by atoms with van der Waals surface area (Å²) in [7, 11) is 0. The minimum atomic E-state index is -0.606. The summed E-state index contributed by atoms with van der Waals surface area (Å²) in [4.78, 5) is 37.9. The molecule has 3 aromatic rings. The second-order valence-corrected chi connectivity index (χ2v) is 7.25. The highest BCUT2D eigenvalue weighted by molar-refractivity contribution is 6.05. The summed E-state index contributed by atoms with van der Waals surface area (Å²) in [5.74, 6) is -0.862. The third-order valence-electron chi connectivity index (χ3n) is 5.43. The molecule has 0 bridgehead atoms. The third kappa shape index (κ3) is 3.00.